The molecule has 45 heavy (non-hydrogen) atoms. The van der Waals surface area contributed by atoms with Crippen molar-refractivity contribution in [2.75, 3.05) is 0 Å². The standard InChI is InChI=1S/C39H34BN3O2/c1-38(2)39(3,4)45-40(44-38)34-23-15-14-22-32(34)37-42-35(29-20-12-7-13-21-29)41-36(43-37)31-25-24-30(27-16-8-5-9-17-27)26-33(31)28-18-10-6-11-19-28/h5-26H,1-4H3. The van der Waals surface area contributed by atoms with Gasteiger partial charge in [0.15, 0.2) is 17.5 Å². The van der Waals surface area contributed by atoms with Gasteiger partial charge in [-0.2, -0.15) is 0 Å². The molecule has 0 saturated carbocycles. The van der Waals surface area contributed by atoms with Gasteiger partial charge in [-0.05, 0) is 67.5 Å². The molecule has 0 atom stereocenters. The maximum absolute atomic E-state index is 6.48. The van der Waals surface area contributed by atoms with Gasteiger partial charge < -0.3 is 9.31 Å². The van der Waals surface area contributed by atoms with Gasteiger partial charge in [0.25, 0.3) is 0 Å². The molecule has 6 heteroatoms. The maximum atomic E-state index is 6.48. The first-order chi connectivity index (χ1) is 21.8. The molecule has 5 nitrogen and oxygen atoms in total. The Hall–Kier alpha value is -4.91. The number of hydrogen-bond acceptors (Lipinski definition) is 5. The van der Waals surface area contributed by atoms with Crippen molar-refractivity contribution in [3.63, 3.8) is 0 Å². The third kappa shape index (κ3) is 5.59. The highest BCUT2D eigenvalue weighted by atomic mass is 16.7. The third-order valence-corrected chi connectivity index (χ3v) is 8.83. The summed E-state index contributed by atoms with van der Waals surface area (Å²) in [4.78, 5) is 15.3. The zero-order valence-electron chi connectivity index (χ0n) is 25.9. The molecule has 0 spiro atoms. The lowest BCUT2D eigenvalue weighted by Crippen LogP contribution is -2.41. The fraction of sp³-hybridized carbons (Fsp3) is 0.154. The lowest BCUT2D eigenvalue weighted by atomic mass is 9.75. The third-order valence-electron chi connectivity index (χ3n) is 8.83. The summed E-state index contributed by atoms with van der Waals surface area (Å²) in [6.07, 6.45) is 0. The minimum Gasteiger partial charge on any atom is -0.399 e. The van der Waals surface area contributed by atoms with Gasteiger partial charge in [-0.15, -0.1) is 0 Å². The lowest BCUT2D eigenvalue weighted by molar-refractivity contribution is 0.00578. The summed E-state index contributed by atoms with van der Waals surface area (Å²) in [5.41, 5.74) is 7.03. The van der Waals surface area contributed by atoms with E-state index in [2.05, 4.69) is 94.4 Å². The van der Waals surface area contributed by atoms with Crippen LogP contribution in [0.15, 0.2) is 133 Å². The van der Waals surface area contributed by atoms with E-state index in [4.69, 9.17) is 24.3 Å². The number of nitrogens with zero attached hydrogens (tertiary/aromatic N) is 3. The van der Waals surface area contributed by atoms with Crippen LogP contribution in [0, 0.1) is 0 Å². The lowest BCUT2D eigenvalue weighted by Gasteiger charge is -2.32. The van der Waals surface area contributed by atoms with Crippen LogP contribution in [0.4, 0.5) is 0 Å². The number of hydrogen-bond donors (Lipinski definition) is 0. The summed E-state index contributed by atoms with van der Waals surface area (Å²) in [6.45, 7) is 8.26. The Morgan fingerprint density at radius 2 is 0.911 bits per heavy atom. The number of aromatic nitrogens is 3. The Labute approximate surface area is 265 Å². The fourth-order valence-electron chi connectivity index (χ4n) is 5.62. The Kier molecular flexibility index (Phi) is 7.40. The van der Waals surface area contributed by atoms with Crippen molar-refractivity contribution in [1.82, 2.24) is 15.0 Å². The fourth-order valence-corrected chi connectivity index (χ4v) is 5.62. The van der Waals surface area contributed by atoms with E-state index in [1.54, 1.807) is 0 Å². The molecule has 1 aliphatic rings. The predicted molar refractivity (Wildman–Crippen MR) is 183 cm³/mol. The average molecular weight is 588 g/mol. The van der Waals surface area contributed by atoms with Gasteiger partial charge in [-0.1, -0.05) is 121 Å². The van der Waals surface area contributed by atoms with Gasteiger partial charge in [-0.25, -0.2) is 15.0 Å². The molecule has 0 N–H and O–H groups in total. The van der Waals surface area contributed by atoms with E-state index in [9.17, 15) is 0 Å². The van der Waals surface area contributed by atoms with Crippen LogP contribution in [0.25, 0.3) is 56.4 Å². The second-order valence-electron chi connectivity index (χ2n) is 12.3. The minimum atomic E-state index is -0.559. The van der Waals surface area contributed by atoms with E-state index in [0.29, 0.717) is 17.5 Å². The Morgan fingerprint density at radius 1 is 0.422 bits per heavy atom. The Balaban J connectivity index is 1.43. The normalized spacial score (nSPS) is 15.2. The van der Waals surface area contributed by atoms with Crippen molar-refractivity contribution in [2.24, 2.45) is 0 Å². The zero-order chi connectivity index (χ0) is 31.0. The summed E-state index contributed by atoms with van der Waals surface area (Å²) in [5, 5.41) is 0. The van der Waals surface area contributed by atoms with E-state index in [0.717, 1.165) is 44.4 Å². The van der Waals surface area contributed by atoms with E-state index in [1.165, 1.54) is 0 Å². The van der Waals surface area contributed by atoms with Crippen molar-refractivity contribution in [3.8, 4) is 56.4 Å². The molecular weight excluding hydrogens is 553 g/mol. The molecule has 1 saturated heterocycles. The molecule has 0 unspecified atom stereocenters. The SMILES string of the molecule is CC1(C)OB(c2ccccc2-c2nc(-c3ccccc3)nc(-c3ccc(-c4ccccc4)cc3-c3ccccc3)n2)OC1(C)C. The molecule has 7 rings (SSSR count). The van der Waals surface area contributed by atoms with Crippen LogP contribution < -0.4 is 5.46 Å². The van der Waals surface area contributed by atoms with Crippen LogP contribution in [-0.2, 0) is 9.31 Å². The molecule has 6 aromatic rings. The molecule has 0 bridgehead atoms. The molecule has 0 radical (unpaired) electrons. The summed E-state index contributed by atoms with van der Waals surface area (Å²) < 4.78 is 13.0. The molecule has 0 amide bonds. The van der Waals surface area contributed by atoms with Crippen molar-refractivity contribution >= 4 is 12.6 Å². The maximum Gasteiger partial charge on any atom is 0.495 e. The zero-order valence-corrected chi connectivity index (χ0v) is 25.9. The predicted octanol–water partition coefficient (Wildman–Crippen LogP) is 8.51. The van der Waals surface area contributed by atoms with Crippen LogP contribution >= 0.6 is 0 Å². The summed E-state index contributed by atoms with van der Waals surface area (Å²) in [6, 6.07) is 45.4. The van der Waals surface area contributed by atoms with Crippen molar-refractivity contribution in [2.45, 2.75) is 38.9 Å². The summed E-state index contributed by atoms with van der Waals surface area (Å²) >= 11 is 0. The van der Waals surface area contributed by atoms with Crippen molar-refractivity contribution in [3.05, 3.63) is 133 Å². The second kappa shape index (κ2) is 11.5. The largest absolute Gasteiger partial charge is 0.495 e. The smallest absolute Gasteiger partial charge is 0.399 e. The number of rotatable bonds is 6. The first kappa shape index (κ1) is 28.8. The van der Waals surface area contributed by atoms with E-state index >= 15 is 0 Å². The van der Waals surface area contributed by atoms with Crippen LogP contribution in [0.5, 0.6) is 0 Å². The van der Waals surface area contributed by atoms with Crippen LogP contribution in [-0.4, -0.2) is 33.3 Å². The van der Waals surface area contributed by atoms with Gasteiger partial charge in [0.2, 0.25) is 0 Å². The highest BCUT2D eigenvalue weighted by molar-refractivity contribution is 6.63. The molecule has 1 fully saturated rings. The Bertz CT molecular complexity index is 1950. The average Bonchev–Trinajstić information content (AvgIpc) is 3.31. The van der Waals surface area contributed by atoms with Crippen LogP contribution in [0.3, 0.4) is 0 Å². The van der Waals surface area contributed by atoms with Crippen molar-refractivity contribution in [1.29, 1.82) is 0 Å². The van der Waals surface area contributed by atoms with Gasteiger partial charge in [0.05, 0.1) is 11.2 Å². The first-order valence-corrected chi connectivity index (χ1v) is 15.3. The van der Waals surface area contributed by atoms with Gasteiger partial charge >= 0.3 is 7.12 Å². The highest BCUT2D eigenvalue weighted by Gasteiger charge is 2.52. The highest BCUT2D eigenvalue weighted by Crippen LogP contribution is 2.38. The Morgan fingerprint density at radius 3 is 1.53 bits per heavy atom. The van der Waals surface area contributed by atoms with E-state index < -0.39 is 18.3 Å². The second-order valence-corrected chi connectivity index (χ2v) is 12.3. The molecule has 2 heterocycles. The monoisotopic (exact) mass is 587 g/mol. The van der Waals surface area contributed by atoms with Gasteiger partial charge in [0, 0.05) is 16.7 Å². The molecule has 220 valence electrons. The first-order valence-electron chi connectivity index (χ1n) is 15.3. The van der Waals surface area contributed by atoms with E-state index in [-0.39, 0.29) is 0 Å². The summed E-state index contributed by atoms with van der Waals surface area (Å²) in [5.74, 6) is 1.77. The van der Waals surface area contributed by atoms with Crippen molar-refractivity contribution < 1.29 is 9.31 Å². The number of benzene rings is 5. The molecule has 1 aromatic heterocycles. The molecule has 0 aliphatic carbocycles. The van der Waals surface area contributed by atoms with Gasteiger partial charge in [-0.3, -0.25) is 0 Å². The van der Waals surface area contributed by atoms with Gasteiger partial charge in [0.1, 0.15) is 0 Å². The molecular formula is C39H34BN3O2. The molecule has 5 aromatic carbocycles. The van der Waals surface area contributed by atoms with E-state index in [1.807, 2.05) is 66.7 Å². The van der Waals surface area contributed by atoms with Crippen LogP contribution in [0.2, 0.25) is 0 Å². The topological polar surface area (TPSA) is 57.1 Å². The minimum absolute atomic E-state index is 0.477. The molecule has 1 aliphatic heterocycles. The van der Waals surface area contributed by atoms with Crippen LogP contribution in [0.1, 0.15) is 27.7 Å². The summed E-state index contributed by atoms with van der Waals surface area (Å²) in [7, 11) is -0.559. The quantitative estimate of drug-likeness (QED) is 0.183.